The average Bonchev–Trinajstić information content (AvgIpc) is 2.26. The second-order valence-electron chi connectivity index (χ2n) is 3.36. The zero-order valence-electron chi connectivity index (χ0n) is 7.12. The van der Waals surface area contributed by atoms with Crippen LogP contribution >= 0.6 is 11.8 Å². The average molecular weight is 182 g/mol. The van der Waals surface area contributed by atoms with Gasteiger partial charge in [0.25, 0.3) is 0 Å². The van der Waals surface area contributed by atoms with Crippen molar-refractivity contribution in [1.82, 2.24) is 9.71 Å². The minimum Gasteiger partial charge on any atom is -0.337 e. The van der Waals surface area contributed by atoms with Gasteiger partial charge in [-0.25, -0.2) is 0 Å². The van der Waals surface area contributed by atoms with Gasteiger partial charge in [0, 0.05) is 25.8 Å². The summed E-state index contributed by atoms with van der Waals surface area (Å²) in [4.78, 5) is 14.7. The molecule has 0 atom stereocenters. The second-order valence-corrected chi connectivity index (χ2v) is 4.82. The molecule has 0 bridgehead atoms. The molecule has 0 unspecified atom stereocenters. The van der Waals surface area contributed by atoms with Crippen LogP contribution in [-0.2, 0) is 4.79 Å². The van der Waals surface area contributed by atoms with Gasteiger partial charge in [-0.05, 0) is 6.54 Å². The molecule has 64 valence electrons. The molecule has 0 aromatic carbocycles. The number of carbonyl (C=O) groups excluding carboxylic acids is 1. The summed E-state index contributed by atoms with van der Waals surface area (Å²) in [7, 11) is 5.81. The molecular weight excluding hydrogens is 171 g/mol. The van der Waals surface area contributed by atoms with E-state index in [1.54, 1.807) is 6.92 Å². The first-order chi connectivity index (χ1) is 5.64. The molecular formula is C7H11BN2OS. The van der Waals surface area contributed by atoms with Gasteiger partial charge in [-0.2, -0.15) is 0 Å². The number of likely N-dealkylation sites (tertiary alicyclic amines) is 1. The van der Waals surface area contributed by atoms with Crippen LogP contribution in [0.15, 0.2) is 0 Å². The maximum Gasteiger partial charge on any atom is 0.219 e. The summed E-state index contributed by atoms with van der Waals surface area (Å²) in [6.45, 7) is 4.14. The Hall–Kier alpha value is -0.155. The Kier molecular flexibility index (Phi) is 1.88. The van der Waals surface area contributed by atoms with Gasteiger partial charge in [-0.3, -0.25) is 4.79 Å². The predicted octanol–water partition coefficient (Wildman–Crippen LogP) is -0.323. The smallest absolute Gasteiger partial charge is 0.219 e. The summed E-state index contributed by atoms with van der Waals surface area (Å²) in [6.07, 6.45) is 0. The number of hydrogen-bond acceptors (Lipinski definition) is 3. The highest BCUT2D eigenvalue weighted by Crippen LogP contribution is 2.41. The first-order valence-electron chi connectivity index (χ1n) is 4.06. The molecule has 1 amide bonds. The Bertz CT molecular complexity index is 217. The van der Waals surface area contributed by atoms with Crippen LogP contribution in [0.4, 0.5) is 0 Å². The molecule has 2 aliphatic rings. The van der Waals surface area contributed by atoms with E-state index in [4.69, 9.17) is 7.98 Å². The van der Waals surface area contributed by atoms with Crippen molar-refractivity contribution >= 4 is 25.7 Å². The fourth-order valence-electron chi connectivity index (χ4n) is 1.67. The van der Waals surface area contributed by atoms with E-state index in [1.165, 1.54) is 0 Å². The Morgan fingerprint density at radius 3 is 2.67 bits per heavy atom. The third-order valence-electron chi connectivity index (χ3n) is 2.55. The molecule has 0 saturated carbocycles. The molecule has 2 heterocycles. The lowest BCUT2D eigenvalue weighted by Crippen LogP contribution is -2.66. The number of rotatable bonds is 0. The summed E-state index contributed by atoms with van der Waals surface area (Å²) in [5.41, 5.74) is 0. The molecule has 0 aliphatic carbocycles. The Morgan fingerprint density at radius 2 is 2.25 bits per heavy atom. The number of amides is 1. The number of nitrogens with zero attached hydrogens (tertiary/aromatic N) is 2. The number of thioether (sulfide) groups is 1. The topological polar surface area (TPSA) is 23.6 Å². The highest BCUT2D eigenvalue weighted by molar-refractivity contribution is 8.01. The standard InChI is InChI=1S/C7H11BN2OS/c1-6(11)9-4-7(5-9)10(8)2-3-12-7/h2-5H2,1H3. The number of carbonyl (C=O) groups is 1. The van der Waals surface area contributed by atoms with Gasteiger partial charge in [0.05, 0.1) is 4.87 Å². The van der Waals surface area contributed by atoms with Crippen molar-refractivity contribution in [3.63, 3.8) is 0 Å². The van der Waals surface area contributed by atoms with E-state index in [9.17, 15) is 4.79 Å². The fraction of sp³-hybridized carbons (Fsp3) is 0.857. The third-order valence-corrected chi connectivity index (χ3v) is 3.96. The molecule has 12 heavy (non-hydrogen) atoms. The highest BCUT2D eigenvalue weighted by Gasteiger charge is 2.49. The van der Waals surface area contributed by atoms with Crippen LogP contribution in [0.3, 0.4) is 0 Å². The third kappa shape index (κ3) is 1.07. The highest BCUT2D eigenvalue weighted by atomic mass is 32.2. The van der Waals surface area contributed by atoms with E-state index in [0.717, 1.165) is 25.4 Å². The van der Waals surface area contributed by atoms with Gasteiger partial charge in [-0.1, -0.05) is 0 Å². The van der Waals surface area contributed by atoms with Crippen molar-refractivity contribution in [1.29, 1.82) is 0 Å². The van der Waals surface area contributed by atoms with Gasteiger partial charge in [0.2, 0.25) is 5.91 Å². The minimum absolute atomic E-state index is 0.0612. The normalized spacial score (nSPS) is 27.6. The molecule has 2 radical (unpaired) electrons. The lowest BCUT2D eigenvalue weighted by molar-refractivity contribution is -0.135. The van der Waals surface area contributed by atoms with Crippen LogP contribution < -0.4 is 0 Å². The summed E-state index contributed by atoms with van der Waals surface area (Å²) in [5, 5.41) is 0. The van der Waals surface area contributed by atoms with Crippen LogP contribution in [0, 0.1) is 0 Å². The van der Waals surface area contributed by atoms with E-state index < -0.39 is 0 Å². The largest absolute Gasteiger partial charge is 0.337 e. The van der Waals surface area contributed by atoms with E-state index in [-0.39, 0.29) is 10.8 Å². The lowest BCUT2D eigenvalue weighted by Gasteiger charge is -2.51. The molecule has 0 aromatic heterocycles. The molecule has 2 aliphatic heterocycles. The van der Waals surface area contributed by atoms with E-state index in [1.807, 2.05) is 21.5 Å². The molecule has 2 fully saturated rings. The van der Waals surface area contributed by atoms with Crippen molar-refractivity contribution in [2.45, 2.75) is 11.8 Å². The Labute approximate surface area is 77.9 Å². The van der Waals surface area contributed by atoms with Crippen molar-refractivity contribution < 1.29 is 4.79 Å². The van der Waals surface area contributed by atoms with Crippen molar-refractivity contribution in [3.8, 4) is 0 Å². The zero-order chi connectivity index (χ0) is 8.77. The SMILES string of the molecule is [B]N1CCSC12CN(C(C)=O)C2. The molecule has 5 heteroatoms. The van der Waals surface area contributed by atoms with Crippen LogP contribution in [0.25, 0.3) is 0 Å². The van der Waals surface area contributed by atoms with Crippen molar-refractivity contribution in [3.05, 3.63) is 0 Å². The molecule has 2 rings (SSSR count). The summed E-state index contributed by atoms with van der Waals surface area (Å²) >= 11 is 1.87. The molecule has 0 aromatic rings. The van der Waals surface area contributed by atoms with E-state index in [2.05, 4.69) is 0 Å². The van der Waals surface area contributed by atoms with Crippen molar-refractivity contribution in [2.24, 2.45) is 0 Å². The van der Waals surface area contributed by atoms with Crippen LogP contribution in [0.5, 0.6) is 0 Å². The van der Waals surface area contributed by atoms with Gasteiger partial charge < -0.3 is 9.71 Å². The van der Waals surface area contributed by atoms with Crippen LogP contribution in [-0.4, -0.2) is 53.9 Å². The predicted molar refractivity (Wildman–Crippen MR) is 49.9 cm³/mol. The quantitative estimate of drug-likeness (QED) is 0.479. The molecule has 2 saturated heterocycles. The van der Waals surface area contributed by atoms with Crippen molar-refractivity contribution in [2.75, 3.05) is 25.4 Å². The molecule has 3 nitrogen and oxygen atoms in total. The van der Waals surface area contributed by atoms with E-state index in [0.29, 0.717) is 0 Å². The van der Waals surface area contributed by atoms with Crippen LogP contribution in [0.1, 0.15) is 6.92 Å². The minimum atomic E-state index is 0.0612. The Morgan fingerprint density at radius 1 is 1.58 bits per heavy atom. The zero-order valence-corrected chi connectivity index (χ0v) is 7.93. The van der Waals surface area contributed by atoms with Gasteiger partial charge in [-0.15, -0.1) is 11.8 Å². The second kappa shape index (κ2) is 2.67. The lowest BCUT2D eigenvalue weighted by atomic mass is 10.0. The number of hydrogen-bond donors (Lipinski definition) is 0. The van der Waals surface area contributed by atoms with Gasteiger partial charge in [0.15, 0.2) is 7.98 Å². The first kappa shape index (κ1) is 8.44. The fourth-order valence-corrected chi connectivity index (χ4v) is 3.09. The monoisotopic (exact) mass is 182 g/mol. The maximum atomic E-state index is 10.9. The summed E-state index contributed by atoms with van der Waals surface area (Å²) in [5.74, 6) is 1.24. The molecule has 0 N–H and O–H groups in total. The van der Waals surface area contributed by atoms with Gasteiger partial charge >= 0.3 is 0 Å². The first-order valence-corrected chi connectivity index (χ1v) is 5.04. The summed E-state index contributed by atoms with van der Waals surface area (Å²) < 4.78 is 0. The van der Waals surface area contributed by atoms with Gasteiger partial charge in [0.1, 0.15) is 0 Å². The Balaban J connectivity index is 1.97. The summed E-state index contributed by atoms with van der Waals surface area (Å²) in [6, 6.07) is 0. The van der Waals surface area contributed by atoms with E-state index >= 15 is 0 Å². The van der Waals surface area contributed by atoms with Crippen LogP contribution in [0.2, 0.25) is 0 Å². The maximum absolute atomic E-state index is 10.9. The molecule has 1 spiro atoms.